The van der Waals surface area contributed by atoms with Gasteiger partial charge in [-0.2, -0.15) is 5.10 Å². The Kier molecular flexibility index (Phi) is 2.94. The standard InChI is InChI=1S/C10H12N4S/c1-2-4-7(11)9-12-10(14-13-9)8-5-3-6-15-8/h2-3,5-7H,1,4,11H2,(H,12,13,14). The summed E-state index contributed by atoms with van der Waals surface area (Å²) < 4.78 is 0. The number of nitrogens with zero attached hydrogens (tertiary/aromatic N) is 2. The van der Waals surface area contributed by atoms with Crippen molar-refractivity contribution in [2.24, 2.45) is 5.73 Å². The van der Waals surface area contributed by atoms with Gasteiger partial charge in [-0.15, -0.1) is 17.9 Å². The van der Waals surface area contributed by atoms with Crippen LogP contribution in [0.1, 0.15) is 18.3 Å². The highest BCUT2D eigenvalue weighted by Crippen LogP contribution is 2.21. The fourth-order valence-corrected chi connectivity index (χ4v) is 1.90. The Morgan fingerprint density at radius 2 is 2.53 bits per heavy atom. The lowest BCUT2D eigenvalue weighted by molar-refractivity contribution is 0.686. The van der Waals surface area contributed by atoms with Gasteiger partial charge >= 0.3 is 0 Å². The minimum absolute atomic E-state index is 0.149. The third-order valence-electron chi connectivity index (χ3n) is 2.02. The van der Waals surface area contributed by atoms with E-state index >= 15 is 0 Å². The van der Waals surface area contributed by atoms with Gasteiger partial charge < -0.3 is 5.73 Å². The third kappa shape index (κ3) is 2.14. The summed E-state index contributed by atoms with van der Waals surface area (Å²) in [5, 5.41) is 8.97. The van der Waals surface area contributed by atoms with Crippen molar-refractivity contribution in [2.75, 3.05) is 0 Å². The highest BCUT2D eigenvalue weighted by molar-refractivity contribution is 7.13. The largest absolute Gasteiger partial charge is 0.321 e. The maximum absolute atomic E-state index is 5.87. The molecule has 2 aromatic heterocycles. The van der Waals surface area contributed by atoms with Crippen molar-refractivity contribution in [1.82, 2.24) is 15.2 Å². The highest BCUT2D eigenvalue weighted by Gasteiger charge is 2.11. The zero-order chi connectivity index (χ0) is 10.7. The average Bonchev–Trinajstić information content (AvgIpc) is 2.89. The van der Waals surface area contributed by atoms with E-state index in [0.29, 0.717) is 18.1 Å². The van der Waals surface area contributed by atoms with E-state index in [1.54, 1.807) is 17.4 Å². The number of hydrogen-bond donors (Lipinski definition) is 2. The van der Waals surface area contributed by atoms with Gasteiger partial charge in [0.15, 0.2) is 5.82 Å². The summed E-state index contributed by atoms with van der Waals surface area (Å²) >= 11 is 1.61. The number of rotatable bonds is 4. The van der Waals surface area contributed by atoms with E-state index < -0.39 is 0 Å². The van der Waals surface area contributed by atoms with Gasteiger partial charge in [-0.1, -0.05) is 12.1 Å². The molecule has 2 heterocycles. The zero-order valence-corrected chi connectivity index (χ0v) is 9.00. The summed E-state index contributed by atoms with van der Waals surface area (Å²) in [6, 6.07) is 3.81. The van der Waals surface area contributed by atoms with Gasteiger partial charge in [0.25, 0.3) is 0 Å². The molecule has 15 heavy (non-hydrogen) atoms. The van der Waals surface area contributed by atoms with Gasteiger partial charge in [-0.3, -0.25) is 5.10 Å². The van der Waals surface area contributed by atoms with E-state index in [1.807, 2.05) is 17.5 Å². The van der Waals surface area contributed by atoms with Crippen molar-refractivity contribution in [3.63, 3.8) is 0 Å². The SMILES string of the molecule is C=CCC(N)c1nc(-c2cccs2)n[nH]1. The number of nitrogens with two attached hydrogens (primary N) is 1. The van der Waals surface area contributed by atoms with Crippen molar-refractivity contribution in [3.05, 3.63) is 36.0 Å². The maximum Gasteiger partial charge on any atom is 0.191 e. The van der Waals surface area contributed by atoms with E-state index in [-0.39, 0.29) is 6.04 Å². The molecule has 0 radical (unpaired) electrons. The van der Waals surface area contributed by atoms with E-state index in [1.165, 1.54) is 0 Å². The molecule has 0 aliphatic heterocycles. The van der Waals surface area contributed by atoms with Crippen molar-refractivity contribution in [3.8, 4) is 10.7 Å². The molecule has 1 atom stereocenters. The van der Waals surface area contributed by atoms with Crippen molar-refractivity contribution < 1.29 is 0 Å². The topological polar surface area (TPSA) is 67.6 Å². The third-order valence-corrected chi connectivity index (χ3v) is 2.88. The first kappa shape index (κ1) is 10.1. The quantitative estimate of drug-likeness (QED) is 0.775. The second kappa shape index (κ2) is 4.37. The van der Waals surface area contributed by atoms with Crippen LogP contribution in [0.5, 0.6) is 0 Å². The summed E-state index contributed by atoms with van der Waals surface area (Å²) in [6.45, 7) is 3.64. The van der Waals surface area contributed by atoms with Crippen LogP contribution in [-0.4, -0.2) is 15.2 Å². The summed E-state index contributed by atoms with van der Waals surface area (Å²) in [6.07, 6.45) is 2.47. The van der Waals surface area contributed by atoms with Gasteiger partial charge in [0.05, 0.1) is 10.9 Å². The van der Waals surface area contributed by atoms with Crippen molar-refractivity contribution in [2.45, 2.75) is 12.5 Å². The average molecular weight is 220 g/mol. The molecule has 0 bridgehead atoms. The highest BCUT2D eigenvalue weighted by atomic mass is 32.1. The van der Waals surface area contributed by atoms with Crippen LogP contribution in [0.25, 0.3) is 10.7 Å². The first-order valence-corrected chi connectivity index (χ1v) is 5.52. The first-order chi connectivity index (χ1) is 7.31. The molecule has 0 aromatic carbocycles. The van der Waals surface area contributed by atoms with Crippen molar-refractivity contribution >= 4 is 11.3 Å². The minimum Gasteiger partial charge on any atom is -0.321 e. The van der Waals surface area contributed by atoms with Crippen LogP contribution in [0.15, 0.2) is 30.2 Å². The number of hydrogen-bond acceptors (Lipinski definition) is 4. The minimum atomic E-state index is -0.149. The number of aromatic nitrogens is 3. The van der Waals surface area contributed by atoms with Crippen LogP contribution in [0, 0.1) is 0 Å². The summed E-state index contributed by atoms with van der Waals surface area (Å²) in [7, 11) is 0. The molecule has 4 nitrogen and oxygen atoms in total. The summed E-state index contributed by atoms with van der Waals surface area (Å²) in [4.78, 5) is 5.39. The van der Waals surface area contributed by atoms with E-state index in [0.717, 1.165) is 4.88 Å². The van der Waals surface area contributed by atoms with Gasteiger partial charge in [-0.25, -0.2) is 4.98 Å². The zero-order valence-electron chi connectivity index (χ0n) is 8.18. The molecule has 0 aliphatic carbocycles. The van der Waals surface area contributed by atoms with Crippen LogP contribution < -0.4 is 5.73 Å². The fourth-order valence-electron chi connectivity index (χ4n) is 1.25. The van der Waals surface area contributed by atoms with Crippen LogP contribution in [0.2, 0.25) is 0 Å². The van der Waals surface area contributed by atoms with Crippen LogP contribution in [0.4, 0.5) is 0 Å². The second-order valence-corrected chi connectivity index (χ2v) is 4.10. The molecule has 3 N–H and O–H groups in total. The lowest BCUT2D eigenvalue weighted by atomic mass is 10.2. The number of thiophene rings is 1. The number of H-pyrrole nitrogens is 1. The molecule has 0 aliphatic rings. The van der Waals surface area contributed by atoms with Crippen LogP contribution >= 0.6 is 11.3 Å². The lowest BCUT2D eigenvalue weighted by Gasteiger charge is -2.02. The fraction of sp³-hybridized carbons (Fsp3) is 0.200. The number of nitrogens with one attached hydrogen (secondary N) is 1. The monoisotopic (exact) mass is 220 g/mol. The summed E-state index contributed by atoms with van der Waals surface area (Å²) in [5.41, 5.74) is 5.87. The molecule has 1 unspecified atom stereocenters. The molecule has 0 saturated heterocycles. The van der Waals surface area contributed by atoms with Crippen LogP contribution in [-0.2, 0) is 0 Å². The first-order valence-electron chi connectivity index (χ1n) is 4.64. The second-order valence-electron chi connectivity index (χ2n) is 3.15. The molecule has 0 fully saturated rings. The van der Waals surface area contributed by atoms with E-state index in [9.17, 15) is 0 Å². The molecule has 0 saturated carbocycles. The Bertz CT molecular complexity index is 432. The van der Waals surface area contributed by atoms with E-state index in [2.05, 4.69) is 21.8 Å². The summed E-state index contributed by atoms with van der Waals surface area (Å²) in [5.74, 6) is 1.41. The molecule has 78 valence electrons. The Morgan fingerprint density at radius 1 is 1.67 bits per heavy atom. The van der Waals surface area contributed by atoms with E-state index in [4.69, 9.17) is 5.73 Å². The molecule has 0 spiro atoms. The lowest BCUT2D eigenvalue weighted by Crippen LogP contribution is -2.10. The molecule has 2 rings (SSSR count). The van der Waals surface area contributed by atoms with Crippen LogP contribution in [0.3, 0.4) is 0 Å². The van der Waals surface area contributed by atoms with Gasteiger partial charge in [0, 0.05) is 0 Å². The Balaban J connectivity index is 2.20. The maximum atomic E-state index is 5.87. The predicted octanol–water partition coefficient (Wildman–Crippen LogP) is 2.11. The smallest absolute Gasteiger partial charge is 0.191 e. The molecule has 2 aromatic rings. The van der Waals surface area contributed by atoms with Gasteiger partial charge in [0.1, 0.15) is 5.82 Å². The van der Waals surface area contributed by atoms with Gasteiger partial charge in [-0.05, 0) is 17.9 Å². The molecular weight excluding hydrogens is 208 g/mol. The Morgan fingerprint density at radius 3 is 3.20 bits per heavy atom. The Hall–Kier alpha value is -1.46. The molecule has 0 amide bonds. The van der Waals surface area contributed by atoms with Crippen molar-refractivity contribution in [1.29, 1.82) is 0 Å². The molecular formula is C10H12N4S. The molecule has 5 heteroatoms. The normalized spacial score (nSPS) is 12.6. The van der Waals surface area contributed by atoms with Gasteiger partial charge in [0.2, 0.25) is 0 Å². The predicted molar refractivity (Wildman–Crippen MR) is 61.4 cm³/mol. The number of aromatic amines is 1. The Labute approximate surface area is 91.9 Å².